The Morgan fingerprint density at radius 2 is 2.00 bits per heavy atom. The lowest BCUT2D eigenvalue weighted by Gasteiger charge is -2.44. The summed E-state index contributed by atoms with van der Waals surface area (Å²) in [6, 6.07) is 1.36. The van der Waals surface area contributed by atoms with Gasteiger partial charge in [0, 0.05) is 25.8 Å². The first kappa shape index (κ1) is 16.3. The number of nitrogens with zero attached hydrogens (tertiary/aromatic N) is 3. The Morgan fingerprint density at radius 3 is 2.65 bits per heavy atom. The fraction of sp³-hybridized carbons (Fsp3) is 0.600. The Bertz CT molecular complexity index is 724. The van der Waals surface area contributed by atoms with Gasteiger partial charge in [0.15, 0.2) is 5.82 Å². The van der Waals surface area contributed by atoms with E-state index in [9.17, 15) is 17.6 Å². The first-order valence-corrected chi connectivity index (χ1v) is 9.55. The van der Waals surface area contributed by atoms with Crippen molar-refractivity contribution >= 4 is 15.9 Å². The van der Waals surface area contributed by atoms with Crippen LogP contribution in [0.25, 0.3) is 0 Å². The molecule has 1 aromatic heterocycles. The Kier molecular flexibility index (Phi) is 4.14. The van der Waals surface area contributed by atoms with Crippen LogP contribution in [0.2, 0.25) is 0 Å². The molecule has 126 valence electrons. The first-order chi connectivity index (χ1) is 10.8. The van der Waals surface area contributed by atoms with Crippen LogP contribution < -0.4 is 0 Å². The van der Waals surface area contributed by atoms with Gasteiger partial charge in [-0.2, -0.15) is 4.31 Å². The lowest BCUT2D eigenvalue weighted by Crippen LogP contribution is -2.58. The fourth-order valence-electron chi connectivity index (χ4n) is 3.84. The minimum absolute atomic E-state index is 0.0130. The minimum atomic E-state index is -3.32. The number of carbonyl (C=O) groups excluding carboxylic acids is 1. The van der Waals surface area contributed by atoms with Crippen molar-refractivity contribution in [1.29, 1.82) is 0 Å². The van der Waals surface area contributed by atoms with E-state index in [-0.39, 0.29) is 5.56 Å². The van der Waals surface area contributed by atoms with Crippen LogP contribution >= 0.6 is 0 Å². The molecule has 1 atom stereocenters. The molecule has 3 rings (SSSR count). The highest BCUT2D eigenvalue weighted by Gasteiger charge is 2.48. The number of rotatable bonds is 2. The number of pyridine rings is 1. The Hall–Kier alpha value is -1.54. The number of likely N-dealkylation sites (tertiary alicyclic amines) is 1. The average molecular weight is 341 g/mol. The zero-order valence-electron chi connectivity index (χ0n) is 13.0. The molecule has 2 fully saturated rings. The van der Waals surface area contributed by atoms with Gasteiger partial charge in [0.25, 0.3) is 5.91 Å². The molecule has 0 radical (unpaired) electrons. The number of amides is 1. The van der Waals surface area contributed by atoms with Crippen LogP contribution in [0.3, 0.4) is 0 Å². The van der Waals surface area contributed by atoms with Gasteiger partial charge in [-0.15, -0.1) is 0 Å². The molecular weight excluding hydrogens is 321 g/mol. The monoisotopic (exact) mass is 341 g/mol. The molecule has 2 aliphatic rings. The summed E-state index contributed by atoms with van der Waals surface area (Å²) in [6.07, 6.45) is 6.59. The summed E-state index contributed by atoms with van der Waals surface area (Å²) in [5.74, 6) is -1.05. The summed E-state index contributed by atoms with van der Waals surface area (Å²) in [4.78, 5) is 17.8. The summed E-state index contributed by atoms with van der Waals surface area (Å²) >= 11 is 0. The van der Waals surface area contributed by atoms with Gasteiger partial charge in [-0.05, 0) is 31.7 Å². The number of aromatic nitrogens is 1. The molecule has 1 spiro atoms. The van der Waals surface area contributed by atoms with Gasteiger partial charge >= 0.3 is 0 Å². The van der Waals surface area contributed by atoms with E-state index in [1.165, 1.54) is 22.8 Å². The maximum atomic E-state index is 13.8. The molecule has 2 saturated heterocycles. The first-order valence-electron chi connectivity index (χ1n) is 7.70. The third-order valence-electron chi connectivity index (χ3n) is 4.78. The Labute approximate surface area is 135 Å². The third-order valence-corrected chi connectivity index (χ3v) is 6.15. The van der Waals surface area contributed by atoms with Gasteiger partial charge in [0.05, 0.1) is 23.6 Å². The number of carbonyl (C=O) groups is 1. The van der Waals surface area contributed by atoms with Crippen LogP contribution in [0.5, 0.6) is 0 Å². The molecule has 23 heavy (non-hydrogen) atoms. The van der Waals surface area contributed by atoms with Crippen LogP contribution in [0.15, 0.2) is 18.5 Å². The van der Waals surface area contributed by atoms with Gasteiger partial charge in [0.2, 0.25) is 10.0 Å². The van der Waals surface area contributed by atoms with Crippen molar-refractivity contribution in [1.82, 2.24) is 14.2 Å². The molecule has 6 nitrogen and oxygen atoms in total. The topological polar surface area (TPSA) is 70.6 Å². The standard InChI is InChI=1S/C15H20FN3O3S/c1-23(21,22)19-9-3-6-15(19)5-2-8-18(11-15)14(20)12-4-7-17-10-13(12)16/h4,7,10H,2-3,5-6,8-9,11H2,1H3. The lowest BCUT2D eigenvalue weighted by molar-refractivity contribution is 0.0520. The fourth-order valence-corrected chi connectivity index (χ4v) is 5.25. The number of sulfonamides is 1. The largest absolute Gasteiger partial charge is 0.337 e. The molecule has 1 unspecified atom stereocenters. The van der Waals surface area contributed by atoms with Gasteiger partial charge in [-0.1, -0.05) is 0 Å². The van der Waals surface area contributed by atoms with Gasteiger partial charge < -0.3 is 4.90 Å². The second-order valence-corrected chi connectivity index (χ2v) is 8.26. The zero-order valence-corrected chi connectivity index (χ0v) is 13.9. The summed E-state index contributed by atoms with van der Waals surface area (Å²) in [5, 5.41) is 0. The molecule has 0 aliphatic carbocycles. The smallest absolute Gasteiger partial charge is 0.257 e. The van der Waals surface area contributed by atoms with E-state index < -0.39 is 27.3 Å². The van der Waals surface area contributed by atoms with E-state index in [0.29, 0.717) is 26.1 Å². The van der Waals surface area contributed by atoms with E-state index in [4.69, 9.17) is 0 Å². The van der Waals surface area contributed by atoms with Crippen molar-refractivity contribution in [3.8, 4) is 0 Å². The summed E-state index contributed by atoms with van der Waals surface area (Å²) in [7, 11) is -3.32. The van der Waals surface area contributed by atoms with Crippen LogP contribution in [0, 0.1) is 5.82 Å². The van der Waals surface area contributed by atoms with Crippen molar-refractivity contribution in [2.75, 3.05) is 25.9 Å². The van der Waals surface area contributed by atoms with Gasteiger partial charge in [-0.3, -0.25) is 9.78 Å². The second kappa shape index (κ2) is 5.83. The highest BCUT2D eigenvalue weighted by atomic mass is 32.2. The van der Waals surface area contributed by atoms with Crippen LogP contribution in [0.4, 0.5) is 4.39 Å². The van der Waals surface area contributed by atoms with E-state index in [1.807, 2.05) is 0 Å². The minimum Gasteiger partial charge on any atom is -0.337 e. The van der Waals surface area contributed by atoms with Gasteiger partial charge in [0.1, 0.15) is 0 Å². The molecule has 0 aromatic carbocycles. The number of piperidine rings is 1. The maximum Gasteiger partial charge on any atom is 0.257 e. The van der Waals surface area contributed by atoms with E-state index in [2.05, 4.69) is 4.98 Å². The molecule has 1 amide bonds. The molecule has 8 heteroatoms. The van der Waals surface area contributed by atoms with Crippen molar-refractivity contribution < 1.29 is 17.6 Å². The van der Waals surface area contributed by atoms with Crippen LogP contribution in [-0.4, -0.2) is 59.9 Å². The summed E-state index contributed by atoms with van der Waals surface area (Å²) in [6.45, 7) is 1.32. The predicted molar refractivity (Wildman–Crippen MR) is 82.8 cm³/mol. The summed E-state index contributed by atoms with van der Waals surface area (Å²) < 4.78 is 39.5. The molecular formula is C15H20FN3O3S. The summed E-state index contributed by atoms with van der Waals surface area (Å²) in [5.41, 5.74) is -0.550. The van der Waals surface area contributed by atoms with Crippen molar-refractivity contribution in [3.05, 3.63) is 29.8 Å². The normalized spacial score (nSPS) is 25.9. The van der Waals surface area contributed by atoms with Crippen LogP contribution in [0.1, 0.15) is 36.0 Å². The molecule has 0 bridgehead atoms. The lowest BCUT2D eigenvalue weighted by atomic mass is 9.87. The average Bonchev–Trinajstić information content (AvgIpc) is 2.90. The van der Waals surface area contributed by atoms with Crippen molar-refractivity contribution in [2.24, 2.45) is 0 Å². The van der Waals surface area contributed by atoms with Crippen molar-refractivity contribution in [3.63, 3.8) is 0 Å². The highest BCUT2D eigenvalue weighted by molar-refractivity contribution is 7.88. The van der Waals surface area contributed by atoms with Gasteiger partial charge in [-0.25, -0.2) is 12.8 Å². The maximum absolute atomic E-state index is 13.8. The Balaban J connectivity index is 1.87. The Morgan fingerprint density at radius 1 is 1.30 bits per heavy atom. The van der Waals surface area contributed by atoms with Crippen LogP contribution in [-0.2, 0) is 10.0 Å². The number of halogens is 1. The van der Waals surface area contributed by atoms with E-state index in [1.54, 1.807) is 4.90 Å². The molecule has 2 aliphatic heterocycles. The highest BCUT2D eigenvalue weighted by Crippen LogP contribution is 2.39. The number of hydrogen-bond donors (Lipinski definition) is 0. The molecule has 3 heterocycles. The second-order valence-electron chi connectivity index (χ2n) is 6.35. The number of hydrogen-bond acceptors (Lipinski definition) is 4. The zero-order chi connectivity index (χ0) is 16.7. The van der Waals surface area contributed by atoms with E-state index >= 15 is 0 Å². The molecule has 0 saturated carbocycles. The third kappa shape index (κ3) is 2.97. The molecule has 1 aromatic rings. The quantitative estimate of drug-likeness (QED) is 0.812. The molecule has 0 N–H and O–H groups in total. The van der Waals surface area contributed by atoms with E-state index in [0.717, 1.165) is 25.5 Å². The predicted octanol–water partition coefficient (Wildman–Crippen LogP) is 1.25. The van der Waals surface area contributed by atoms with Crippen molar-refractivity contribution in [2.45, 2.75) is 31.2 Å². The SMILES string of the molecule is CS(=O)(=O)N1CCCC12CCCN(C(=O)c1ccncc1F)C2.